The maximum absolute atomic E-state index is 5.19. The lowest BCUT2D eigenvalue weighted by molar-refractivity contribution is 0.414. The minimum atomic E-state index is 0. The number of guanidine groups is 1. The fourth-order valence-electron chi connectivity index (χ4n) is 2.88. The molecule has 0 aliphatic heterocycles. The Balaban J connectivity index is 0.00000300. The summed E-state index contributed by atoms with van der Waals surface area (Å²) in [6.07, 6.45) is 4.87. The first-order valence-electron chi connectivity index (χ1n) is 9.39. The molecule has 3 rings (SSSR count). The van der Waals surface area contributed by atoms with E-state index in [1.165, 1.54) is 11.1 Å². The van der Waals surface area contributed by atoms with Crippen molar-refractivity contribution >= 4 is 29.9 Å². The molecular weight excluding hydrogens is 477 g/mol. The molecule has 0 aliphatic rings. The molecule has 29 heavy (non-hydrogen) atoms. The maximum Gasteiger partial charge on any atom is 0.191 e. The third-order valence-electron chi connectivity index (χ3n) is 4.42. The van der Waals surface area contributed by atoms with Gasteiger partial charge in [0.2, 0.25) is 0 Å². The zero-order valence-electron chi connectivity index (χ0n) is 16.8. The SMILES string of the molecule is CN=C(NCCc1ccc(OC)cc1)NCc1cnn(Cc2ccccc2)c1.I. The van der Waals surface area contributed by atoms with E-state index < -0.39 is 0 Å². The van der Waals surface area contributed by atoms with Gasteiger partial charge in [0, 0.05) is 31.9 Å². The van der Waals surface area contributed by atoms with E-state index >= 15 is 0 Å². The van der Waals surface area contributed by atoms with Crippen LogP contribution < -0.4 is 15.4 Å². The monoisotopic (exact) mass is 505 g/mol. The van der Waals surface area contributed by atoms with Crippen LogP contribution in [0.3, 0.4) is 0 Å². The highest BCUT2D eigenvalue weighted by Crippen LogP contribution is 2.11. The molecule has 0 bridgehead atoms. The highest BCUT2D eigenvalue weighted by atomic mass is 127. The van der Waals surface area contributed by atoms with Crippen LogP contribution in [0.2, 0.25) is 0 Å². The van der Waals surface area contributed by atoms with Gasteiger partial charge in [0.15, 0.2) is 5.96 Å². The molecule has 0 unspecified atom stereocenters. The second-order valence-corrected chi connectivity index (χ2v) is 6.48. The van der Waals surface area contributed by atoms with Crippen molar-refractivity contribution in [2.24, 2.45) is 4.99 Å². The number of aromatic nitrogens is 2. The number of nitrogens with zero attached hydrogens (tertiary/aromatic N) is 3. The molecule has 154 valence electrons. The molecule has 0 aliphatic carbocycles. The van der Waals surface area contributed by atoms with Crippen molar-refractivity contribution in [1.29, 1.82) is 0 Å². The van der Waals surface area contributed by atoms with Gasteiger partial charge < -0.3 is 15.4 Å². The number of halogens is 1. The van der Waals surface area contributed by atoms with E-state index in [1.807, 2.05) is 41.2 Å². The number of rotatable bonds is 8. The van der Waals surface area contributed by atoms with E-state index in [2.05, 4.69) is 51.2 Å². The first kappa shape index (κ1) is 22.7. The predicted molar refractivity (Wildman–Crippen MR) is 128 cm³/mol. The van der Waals surface area contributed by atoms with E-state index in [1.54, 1.807) is 14.2 Å². The zero-order valence-corrected chi connectivity index (χ0v) is 19.2. The first-order valence-corrected chi connectivity index (χ1v) is 9.39. The average Bonchev–Trinajstić information content (AvgIpc) is 3.19. The third-order valence-corrected chi connectivity index (χ3v) is 4.42. The molecule has 2 aromatic carbocycles. The number of nitrogens with one attached hydrogen (secondary N) is 2. The van der Waals surface area contributed by atoms with Crippen molar-refractivity contribution < 1.29 is 4.74 Å². The van der Waals surface area contributed by atoms with Gasteiger partial charge in [0.05, 0.1) is 19.9 Å². The maximum atomic E-state index is 5.19. The standard InChI is InChI=1S/C22H27N5O.HI/c1-23-22(24-13-12-18-8-10-21(28-2)11-9-18)25-14-20-15-26-27(17-20)16-19-6-4-3-5-7-19;/h3-11,15,17H,12-14,16H2,1-2H3,(H2,23,24,25);1H. The molecule has 0 saturated heterocycles. The number of hydrogen-bond acceptors (Lipinski definition) is 3. The van der Waals surface area contributed by atoms with Crippen LogP contribution in [0.5, 0.6) is 5.75 Å². The van der Waals surface area contributed by atoms with Gasteiger partial charge in [0.25, 0.3) is 0 Å². The lowest BCUT2D eigenvalue weighted by Crippen LogP contribution is -2.37. The van der Waals surface area contributed by atoms with Crippen LogP contribution in [-0.2, 0) is 19.5 Å². The van der Waals surface area contributed by atoms with Crippen LogP contribution in [0.25, 0.3) is 0 Å². The fourth-order valence-corrected chi connectivity index (χ4v) is 2.88. The Hall–Kier alpha value is -2.55. The smallest absolute Gasteiger partial charge is 0.191 e. The first-order chi connectivity index (χ1) is 13.8. The summed E-state index contributed by atoms with van der Waals surface area (Å²) in [5, 5.41) is 11.1. The van der Waals surface area contributed by atoms with Crippen LogP contribution >= 0.6 is 24.0 Å². The zero-order chi connectivity index (χ0) is 19.6. The van der Waals surface area contributed by atoms with E-state index in [0.717, 1.165) is 36.8 Å². The van der Waals surface area contributed by atoms with Gasteiger partial charge in [-0.25, -0.2) is 0 Å². The van der Waals surface area contributed by atoms with Crippen molar-refractivity contribution in [1.82, 2.24) is 20.4 Å². The molecule has 0 radical (unpaired) electrons. The summed E-state index contributed by atoms with van der Waals surface area (Å²) in [5.74, 6) is 1.66. The summed E-state index contributed by atoms with van der Waals surface area (Å²) in [6, 6.07) is 18.4. The minimum absolute atomic E-state index is 0. The number of benzene rings is 2. The second-order valence-electron chi connectivity index (χ2n) is 6.48. The van der Waals surface area contributed by atoms with Gasteiger partial charge in [0.1, 0.15) is 5.75 Å². The molecule has 3 aromatic rings. The fraction of sp³-hybridized carbons (Fsp3) is 0.273. The van der Waals surface area contributed by atoms with Gasteiger partial charge in [-0.15, -0.1) is 24.0 Å². The van der Waals surface area contributed by atoms with Gasteiger partial charge in [-0.05, 0) is 29.7 Å². The van der Waals surface area contributed by atoms with E-state index in [9.17, 15) is 0 Å². The molecule has 0 spiro atoms. The minimum Gasteiger partial charge on any atom is -0.497 e. The predicted octanol–water partition coefficient (Wildman–Crippen LogP) is 3.47. The Morgan fingerprint density at radius 3 is 2.45 bits per heavy atom. The molecule has 1 heterocycles. The van der Waals surface area contributed by atoms with Crippen LogP contribution in [0.15, 0.2) is 72.0 Å². The summed E-state index contributed by atoms with van der Waals surface area (Å²) in [5.41, 5.74) is 3.61. The average molecular weight is 505 g/mol. The number of aliphatic imine (C=N–C) groups is 1. The molecular formula is C22H28IN5O. The summed E-state index contributed by atoms with van der Waals surface area (Å²) in [6.45, 7) is 2.26. The summed E-state index contributed by atoms with van der Waals surface area (Å²) >= 11 is 0. The highest BCUT2D eigenvalue weighted by molar-refractivity contribution is 14.0. The number of ether oxygens (including phenoxy) is 1. The van der Waals surface area contributed by atoms with Crippen molar-refractivity contribution in [3.05, 3.63) is 83.7 Å². The lowest BCUT2D eigenvalue weighted by Gasteiger charge is -2.11. The van der Waals surface area contributed by atoms with Crippen molar-refractivity contribution in [2.75, 3.05) is 20.7 Å². The third kappa shape index (κ3) is 7.41. The van der Waals surface area contributed by atoms with Crippen molar-refractivity contribution in [3.63, 3.8) is 0 Å². The number of hydrogen-bond donors (Lipinski definition) is 2. The molecule has 2 N–H and O–H groups in total. The molecule has 1 aromatic heterocycles. The van der Waals surface area contributed by atoms with Gasteiger partial charge in [-0.2, -0.15) is 5.10 Å². The van der Waals surface area contributed by atoms with Crippen LogP contribution in [0.1, 0.15) is 16.7 Å². The molecule has 0 saturated carbocycles. The van der Waals surface area contributed by atoms with Crippen molar-refractivity contribution in [2.45, 2.75) is 19.5 Å². The Morgan fingerprint density at radius 1 is 1.00 bits per heavy atom. The molecule has 7 heteroatoms. The summed E-state index contributed by atoms with van der Waals surface area (Å²) < 4.78 is 7.14. The Morgan fingerprint density at radius 2 is 1.76 bits per heavy atom. The Labute approximate surface area is 189 Å². The Kier molecular flexibility index (Phi) is 9.49. The molecule has 0 fully saturated rings. The lowest BCUT2D eigenvalue weighted by atomic mass is 10.1. The highest BCUT2D eigenvalue weighted by Gasteiger charge is 2.02. The van der Waals surface area contributed by atoms with Gasteiger partial charge in [-0.1, -0.05) is 42.5 Å². The Bertz CT molecular complexity index is 878. The number of methoxy groups -OCH3 is 1. The van der Waals surface area contributed by atoms with Crippen LogP contribution in [0, 0.1) is 0 Å². The molecule has 0 amide bonds. The van der Waals surface area contributed by atoms with Gasteiger partial charge in [-0.3, -0.25) is 9.67 Å². The van der Waals surface area contributed by atoms with E-state index in [-0.39, 0.29) is 24.0 Å². The van der Waals surface area contributed by atoms with Gasteiger partial charge >= 0.3 is 0 Å². The van der Waals surface area contributed by atoms with E-state index in [0.29, 0.717) is 6.54 Å². The quantitative estimate of drug-likeness (QED) is 0.280. The van der Waals surface area contributed by atoms with E-state index in [4.69, 9.17) is 4.74 Å². The topological polar surface area (TPSA) is 63.5 Å². The van der Waals surface area contributed by atoms with Crippen LogP contribution in [-0.4, -0.2) is 36.4 Å². The molecule has 0 atom stereocenters. The van der Waals surface area contributed by atoms with Crippen LogP contribution in [0.4, 0.5) is 0 Å². The largest absolute Gasteiger partial charge is 0.497 e. The van der Waals surface area contributed by atoms with Crippen molar-refractivity contribution in [3.8, 4) is 5.75 Å². The molecule has 6 nitrogen and oxygen atoms in total. The summed E-state index contributed by atoms with van der Waals surface area (Å²) in [7, 11) is 3.46. The second kappa shape index (κ2) is 12.1. The summed E-state index contributed by atoms with van der Waals surface area (Å²) in [4.78, 5) is 4.28. The normalized spacial score (nSPS) is 10.9.